The number of sulfone groups is 1. The lowest BCUT2D eigenvalue weighted by atomic mass is 10.1. The van der Waals surface area contributed by atoms with E-state index in [4.69, 9.17) is 4.74 Å². The smallest absolute Gasteiger partial charge is 0.238 e. The van der Waals surface area contributed by atoms with Crippen LogP contribution in [0.3, 0.4) is 0 Å². The van der Waals surface area contributed by atoms with Crippen molar-refractivity contribution in [2.45, 2.75) is 25.6 Å². The molecule has 1 aliphatic rings. The van der Waals surface area contributed by atoms with Crippen molar-refractivity contribution < 1.29 is 17.9 Å². The van der Waals surface area contributed by atoms with Crippen LogP contribution in [0, 0.1) is 0 Å². The molecule has 3 heterocycles. The summed E-state index contributed by atoms with van der Waals surface area (Å²) in [7, 11) is -3.33. The molecule has 2 aromatic heterocycles. The summed E-state index contributed by atoms with van der Waals surface area (Å²) in [6.07, 6.45) is 7.32. The van der Waals surface area contributed by atoms with E-state index in [2.05, 4.69) is 9.55 Å². The second kappa shape index (κ2) is 8.01. The SMILES string of the molecule is CS(=O)(=O)CC(=O)N1Cc2cccn2C(CCOCc2cccnc2)C1. The lowest BCUT2D eigenvalue weighted by molar-refractivity contribution is -0.130. The Labute approximate surface area is 153 Å². The average Bonchev–Trinajstić information content (AvgIpc) is 3.06. The number of fused-ring (bicyclic) bond motifs is 1. The number of carbonyl (C=O) groups is 1. The predicted molar refractivity (Wildman–Crippen MR) is 97.1 cm³/mol. The van der Waals surface area contributed by atoms with Gasteiger partial charge >= 0.3 is 0 Å². The molecule has 0 fully saturated rings. The van der Waals surface area contributed by atoms with Crippen LogP contribution in [-0.2, 0) is 32.5 Å². The zero-order valence-electron chi connectivity index (χ0n) is 14.7. The summed E-state index contributed by atoms with van der Waals surface area (Å²) in [4.78, 5) is 18.0. The van der Waals surface area contributed by atoms with Crippen LogP contribution in [0.25, 0.3) is 0 Å². The topological polar surface area (TPSA) is 81.5 Å². The Kier molecular flexibility index (Phi) is 5.73. The molecule has 3 rings (SSSR count). The molecule has 0 aromatic carbocycles. The molecule has 0 saturated carbocycles. The molecule has 26 heavy (non-hydrogen) atoms. The molecule has 140 valence electrons. The van der Waals surface area contributed by atoms with Crippen molar-refractivity contribution in [2.75, 3.05) is 25.2 Å². The second-order valence-electron chi connectivity index (χ2n) is 6.61. The van der Waals surface area contributed by atoms with Crippen LogP contribution in [0.2, 0.25) is 0 Å². The molecular formula is C18H23N3O4S. The van der Waals surface area contributed by atoms with Crippen LogP contribution >= 0.6 is 0 Å². The second-order valence-corrected chi connectivity index (χ2v) is 8.75. The largest absolute Gasteiger partial charge is 0.377 e. The number of carbonyl (C=O) groups excluding carboxylic acids is 1. The number of ether oxygens (including phenoxy) is 1. The van der Waals surface area contributed by atoms with Gasteiger partial charge in [0.2, 0.25) is 5.91 Å². The van der Waals surface area contributed by atoms with Gasteiger partial charge in [0, 0.05) is 43.7 Å². The molecule has 1 amide bonds. The van der Waals surface area contributed by atoms with Gasteiger partial charge in [-0.05, 0) is 30.2 Å². The Morgan fingerprint density at radius 2 is 2.19 bits per heavy atom. The molecule has 0 N–H and O–H groups in total. The minimum absolute atomic E-state index is 0.0751. The van der Waals surface area contributed by atoms with Crippen molar-refractivity contribution in [3.05, 3.63) is 54.1 Å². The lowest BCUT2D eigenvalue weighted by Crippen LogP contribution is -2.43. The summed E-state index contributed by atoms with van der Waals surface area (Å²) in [6.45, 7) is 1.97. The number of hydrogen-bond acceptors (Lipinski definition) is 5. The first-order valence-corrected chi connectivity index (χ1v) is 10.6. The van der Waals surface area contributed by atoms with E-state index < -0.39 is 15.6 Å². The summed E-state index contributed by atoms with van der Waals surface area (Å²) in [5, 5.41) is 0. The molecule has 1 unspecified atom stereocenters. The number of pyridine rings is 1. The highest BCUT2D eigenvalue weighted by Crippen LogP contribution is 2.25. The summed E-state index contributed by atoms with van der Waals surface area (Å²) < 4.78 is 30.7. The third-order valence-corrected chi connectivity index (χ3v) is 5.14. The van der Waals surface area contributed by atoms with Crippen LogP contribution < -0.4 is 0 Å². The van der Waals surface area contributed by atoms with Crippen LogP contribution in [0.15, 0.2) is 42.9 Å². The first kappa shape index (κ1) is 18.6. The zero-order valence-corrected chi connectivity index (χ0v) is 15.6. The van der Waals surface area contributed by atoms with E-state index in [0.717, 1.165) is 23.9 Å². The number of nitrogens with zero attached hydrogens (tertiary/aromatic N) is 3. The Morgan fingerprint density at radius 1 is 1.35 bits per heavy atom. The van der Waals surface area contributed by atoms with Gasteiger partial charge in [-0.25, -0.2) is 8.42 Å². The van der Waals surface area contributed by atoms with Gasteiger partial charge in [-0.3, -0.25) is 9.78 Å². The highest BCUT2D eigenvalue weighted by Gasteiger charge is 2.28. The van der Waals surface area contributed by atoms with E-state index in [-0.39, 0.29) is 11.9 Å². The van der Waals surface area contributed by atoms with Crippen LogP contribution in [0.1, 0.15) is 23.7 Å². The Bertz CT molecular complexity index is 848. The Balaban J connectivity index is 1.58. The standard InChI is InChI=1S/C18H23N3O4S/c1-26(23,24)14-18(22)20-11-16-5-3-8-21(16)17(12-20)6-9-25-13-15-4-2-7-19-10-15/h2-5,7-8,10,17H,6,9,11-14H2,1H3. The van der Waals surface area contributed by atoms with Crippen molar-refractivity contribution in [1.82, 2.24) is 14.5 Å². The first-order valence-electron chi connectivity index (χ1n) is 8.50. The summed E-state index contributed by atoms with van der Waals surface area (Å²) in [5.41, 5.74) is 2.03. The Hall–Kier alpha value is -2.19. The van der Waals surface area contributed by atoms with Crippen molar-refractivity contribution in [3.8, 4) is 0 Å². The fourth-order valence-electron chi connectivity index (χ4n) is 3.15. The van der Waals surface area contributed by atoms with E-state index in [1.807, 2.05) is 30.5 Å². The quantitative estimate of drug-likeness (QED) is 0.682. The van der Waals surface area contributed by atoms with E-state index in [0.29, 0.717) is 26.3 Å². The van der Waals surface area contributed by atoms with E-state index in [1.54, 1.807) is 17.3 Å². The summed E-state index contributed by atoms with van der Waals surface area (Å²) in [6, 6.07) is 7.82. The molecule has 0 aliphatic carbocycles. The third kappa shape index (κ3) is 4.92. The number of amides is 1. The molecule has 1 atom stereocenters. The van der Waals surface area contributed by atoms with Crippen LogP contribution in [0.4, 0.5) is 0 Å². The van der Waals surface area contributed by atoms with E-state index in [9.17, 15) is 13.2 Å². The van der Waals surface area contributed by atoms with E-state index >= 15 is 0 Å². The Morgan fingerprint density at radius 3 is 2.92 bits per heavy atom. The first-order chi connectivity index (χ1) is 12.4. The maximum atomic E-state index is 12.3. The summed E-state index contributed by atoms with van der Waals surface area (Å²) in [5.74, 6) is -0.793. The van der Waals surface area contributed by atoms with E-state index in [1.165, 1.54) is 0 Å². The molecular weight excluding hydrogens is 354 g/mol. The zero-order chi connectivity index (χ0) is 18.6. The summed E-state index contributed by atoms with van der Waals surface area (Å²) >= 11 is 0. The van der Waals surface area contributed by atoms with Gasteiger partial charge in [-0.15, -0.1) is 0 Å². The van der Waals surface area contributed by atoms with Crippen LogP contribution in [-0.4, -0.2) is 53.9 Å². The molecule has 2 aromatic rings. The number of hydrogen-bond donors (Lipinski definition) is 0. The minimum atomic E-state index is -3.33. The highest BCUT2D eigenvalue weighted by atomic mass is 32.2. The molecule has 1 aliphatic heterocycles. The van der Waals surface area contributed by atoms with Crippen molar-refractivity contribution in [2.24, 2.45) is 0 Å². The van der Waals surface area contributed by atoms with Gasteiger partial charge in [0.15, 0.2) is 9.84 Å². The molecule has 0 saturated heterocycles. The van der Waals surface area contributed by atoms with Gasteiger partial charge in [0.1, 0.15) is 5.75 Å². The van der Waals surface area contributed by atoms with Gasteiger partial charge in [0.05, 0.1) is 19.2 Å². The normalized spacial score (nSPS) is 17.1. The minimum Gasteiger partial charge on any atom is -0.377 e. The predicted octanol–water partition coefficient (Wildman–Crippen LogP) is 1.42. The van der Waals surface area contributed by atoms with Crippen molar-refractivity contribution >= 4 is 15.7 Å². The molecule has 0 bridgehead atoms. The highest BCUT2D eigenvalue weighted by molar-refractivity contribution is 7.91. The van der Waals surface area contributed by atoms with Gasteiger partial charge in [0.25, 0.3) is 0 Å². The van der Waals surface area contributed by atoms with Gasteiger partial charge in [-0.2, -0.15) is 0 Å². The van der Waals surface area contributed by atoms with Crippen molar-refractivity contribution in [3.63, 3.8) is 0 Å². The third-order valence-electron chi connectivity index (χ3n) is 4.37. The fourth-order valence-corrected chi connectivity index (χ4v) is 3.78. The number of aromatic nitrogens is 2. The van der Waals surface area contributed by atoms with Gasteiger partial charge in [-0.1, -0.05) is 6.07 Å². The maximum absolute atomic E-state index is 12.3. The fraction of sp³-hybridized carbons (Fsp3) is 0.444. The molecule has 0 spiro atoms. The number of rotatable bonds is 7. The molecule has 0 radical (unpaired) electrons. The monoisotopic (exact) mass is 377 g/mol. The van der Waals surface area contributed by atoms with Gasteiger partial charge < -0.3 is 14.2 Å². The molecule has 7 nitrogen and oxygen atoms in total. The molecule has 8 heteroatoms. The average molecular weight is 377 g/mol. The lowest BCUT2D eigenvalue weighted by Gasteiger charge is -2.35. The maximum Gasteiger partial charge on any atom is 0.238 e. The van der Waals surface area contributed by atoms with Crippen LogP contribution in [0.5, 0.6) is 0 Å². The van der Waals surface area contributed by atoms with Crippen molar-refractivity contribution in [1.29, 1.82) is 0 Å².